The number of halogens is 1. The highest BCUT2D eigenvalue weighted by Gasteiger charge is 2.39. The molecular weight excluding hydrogens is 452 g/mol. The lowest BCUT2D eigenvalue weighted by molar-refractivity contribution is 0.140. The molecule has 0 aliphatic heterocycles. The van der Waals surface area contributed by atoms with E-state index in [9.17, 15) is 0 Å². The Balaban J connectivity index is 2.45. The molecule has 0 heterocycles. The maximum Gasteiger partial charge on any atom is 0.0872 e. The molecule has 162 valence electrons. The lowest BCUT2D eigenvalue weighted by Gasteiger charge is -2.39. The molecule has 1 nitrogen and oxygen atoms in total. The van der Waals surface area contributed by atoms with Gasteiger partial charge in [-0.15, -0.1) is 11.8 Å². The van der Waals surface area contributed by atoms with E-state index in [1.54, 1.807) is 0 Å². The maximum absolute atomic E-state index is 5.81. The molecule has 0 bridgehead atoms. The second-order valence-electron chi connectivity index (χ2n) is 7.53. The van der Waals surface area contributed by atoms with Gasteiger partial charge in [0.2, 0.25) is 0 Å². The molecule has 2 atom stereocenters. The van der Waals surface area contributed by atoms with Crippen LogP contribution in [0.25, 0.3) is 0 Å². The van der Waals surface area contributed by atoms with E-state index in [1.807, 2.05) is 11.8 Å². The molecule has 30 heavy (non-hydrogen) atoms. The van der Waals surface area contributed by atoms with Crippen LogP contribution in [0.4, 0.5) is 0 Å². The number of ether oxygens (including phenoxy) is 1. The molecule has 2 unspecified atom stereocenters. The molecule has 0 saturated heterocycles. The van der Waals surface area contributed by atoms with Crippen LogP contribution in [0, 0.1) is 5.92 Å². The monoisotopic (exact) mass is 486 g/mol. The second-order valence-corrected chi connectivity index (χ2v) is 10.4. The minimum atomic E-state index is -0.223. The van der Waals surface area contributed by atoms with Gasteiger partial charge in [-0.2, -0.15) is 0 Å². The van der Waals surface area contributed by atoms with Gasteiger partial charge in [0.15, 0.2) is 0 Å². The van der Waals surface area contributed by atoms with E-state index in [4.69, 9.17) is 4.74 Å². The van der Waals surface area contributed by atoms with Crippen LogP contribution in [0.15, 0.2) is 84.5 Å². The zero-order chi connectivity index (χ0) is 21.8. The molecule has 0 aromatic heterocycles. The fraction of sp³-hybridized carbons (Fsp3) is 0.407. The summed E-state index contributed by atoms with van der Waals surface area (Å²) in [5, 5.41) is 0. The van der Waals surface area contributed by atoms with E-state index in [0.717, 1.165) is 25.4 Å². The third-order valence-electron chi connectivity index (χ3n) is 5.15. The first kappa shape index (κ1) is 25.0. The summed E-state index contributed by atoms with van der Waals surface area (Å²) in [7, 11) is 0. The highest BCUT2D eigenvalue weighted by Crippen LogP contribution is 2.51. The fourth-order valence-corrected chi connectivity index (χ4v) is 5.74. The summed E-state index contributed by atoms with van der Waals surface area (Å²) in [4.78, 5) is 0.397. The Morgan fingerprint density at radius 2 is 1.57 bits per heavy atom. The molecule has 3 heteroatoms. The number of thioether (sulfide) groups is 1. The van der Waals surface area contributed by atoms with Crippen molar-refractivity contribution in [2.24, 2.45) is 5.92 Å². The molecule has 2 aromatic carbocycles. The van der Waals surface area contributed by atoms with Gasteiger partial charge in [-0.05, 0) is 48.6 Å². The molecular formula is C27H35BrOS. The molecule has 2 rings (SSSR count). The second kappa shape index (κ2) is 13.2. The van der Waals surface area contributed by atoms with Crippen LogP contribution in [0.5, 0.6) is 0 Å². The quantitative estimate of drug-likeness (QED) is 0.170. The van der Waals surface area contributed by atoms with Crippen LogP contribution in [0.1, 0.15) is 45.2 Å². The van der Waals surface area contributed by atoms with E-state index in [1.165, 1.54) is 16.7 Å². The molecule has 0 fully saturated rings. The van der Waals surface area contributed by atoms with Crippen molar-refractivity contribution < 1.29 is 4.74 Å². The number of hydrogen-bond donors (Lipinski definition) is 0. The van der Waals surface area contributed by atoms with Crippen molar-refractivity contribution in [2.45, 2.75) is 43.7 Å². The van der Waals surface area contributed by atoms with Crippen LogP contribution in [-0.2, 0) is 9.48 Å². The van der Waals surface area contributed by atoms with Crippen molar-refractivity contribution in [3.05, 3.63) is 95.6 Å². The predicted molar refractivity (Wildman–Crippen MR) is 138 cm³/mol. The maximum atomic E-state index is 5.81. The number of alkyl halides is 1. The molecule has 2 aromatic rings. The highest BCUT2D eigenvalue weighted by molar-refractivity contribution is 9.09. The zero-order valence-corrected chi connectivity index (χ0v) is 21.1. The molecule has 0 aliphatic rings. The SMILES string of the molecule is C/C=C\C(C)/C(=C\C)C(SCCCOCC(C)Br)(c1ccccc1)c1ccccc1. The van der Waals surface area contributed by atoms with E-state index in [-0.39, 0.29) is 4.75 Å². The molecule has 0 radical (unpaired) electrons. The Morgan fingerprint density at radius 1 is 1.00 bits per heavy atom. The Morgan fingerprint density at radius 3 is 2.03 bits per heavy atom. The predicted octanol–water partition coefficient (Wildman–Crippen LogP) is 8.01. The van der Waals surface area contributed by atoms with Gasteiger partial charge < -0.3 is 4.74 Å². The normalized spacial score (nSPS) is 14.8. The molecule has 0 aliphatic carbocycles. The lowest BCUT2D eigenvalue weighted by atomic mass is 9.78. The van der Waals surface area contributed by atoms with E-state index < -0.39 is 0 Å². The molecule has 0 saturated carbocycles. The Kier molecular flexibility index (Phi) is 11.0. The van der Waals surface area contributed by atoms with E-state index >= 15 is 0 Å². The Labute approximate surface area is 196 Å². The number of allylic oxidation sites excluding steroid dienone is 3. The third kappa shape index (κ3) is 6.60. The summed E-state index contributed by atoms with van der Waals surface area (Å²) in [5.74, 6) is 1.37. The van der Waals surface area contributed by atoms with Gasteiger partial charge in [0.05, 0.1) is 11.4 Å². The Hall–Kier alpha value is -1.29. The van der Waals surface area contributed by atoms with E-state index in [0.29, 0.717) is 10.7 Å². The van der Waals surface area contributed by atoms with Gasteiger partial charge in [-0.1, -0.05) is 109 Å². The van der Waals surface area contributed by atoms with Gasteiger partial charge in [0, 0.05) is 11.4 Å². The molecule has 0 amide bonds. The van der Waals surface area contributed by atoms with Gasteiger partial charge in [-0.3, -0.25) is 0 Å². The van der Waals surface area contributed by atoms with Crippen molar-refractivity contribution in [3.63, 3.8) is 0 Å². The summed E-state index contributed by atoms with van der Waals surface area (Å²) in [6.07, 6.45) is 7.81. The first-order valence-electron chi connectivity index (χ1n) is 10.8. The van der Waals surface area contributed by atoms with Crippen molar-refractivity contribution in [3.8, 4) is 0 Å². The molecule has 0 spiro atoms. The number of rotatable bonds is 12. The van der Waals surface area contributed by atoms with Crippen molar-refractivity contribution in [1.82, 2.24) is 0 Å². The average Bonchev–Trinajstić information content (AvgIpc) is 2.76. The van der Waals surface area contributed by atoms with Crippen molar-refractivity contribution in [2.75, 3.05) is 19.0 Å². The van der Waals surface area contributed by atoms with Crippen LogP contribution in [0.3, 0.4) is 0 Å². The summed E-state index contributed by atoms with van der Waals surface area (Å²) >= 11 is 5.58. The summed E-state index contributed by atoms with van der Waals surface area (Å²) < 4.78 is 5.58. The van der Waals surface area contributed by atoms with Gasteiger partial charge >= 0.3 is 0 Å². The van der Waals surface area contributed by atoms with Gasteiger partial charge in [0.1, 0.15) is 0 Å². The molecule has 0 N–H and O–H groups in total. The van der Waals surface area contributed by atoms with Crippen LogP contribution < -0.4 is 0 Å². The highest BCUT2D eigenvalue weighted by atomic mass is 79.9. The minimum Gasteiger partial charge on any atom is -0.380 e. The third-order valence-corrected chi connectivity index (χ3v) is 7.05. The van der Waals surface area contributed by atoms with Gasteiger partial charge in [0.25, 0.3) is 0 Å². The van der Waals surface area contributed by atoms with Crippen molar-refractivity contribution >= 4 is 27.7 Å². The first-order chi connectivity index (χ1) is 14.6. The van der Waals surface area contributed by atoms with Gasteiger partial charge in [-0.25, -0.2) is 0 Å². The summed E-state index contributed by atoms with van der Waals surface area (Å²) in [6, 6.07) is 21.9. The first-order valence-corrected chi connectivity index (χ1v) is 12.7. The van der Waals surface area contributed by atoms with Crippen LogP contribution in [-0.4, -0.2) is 23.8 Å². The standard InChI is InChI=1S/C27H35BrOS/c1-5-14-22(3)26(6-2)27(24-15-9-7-10-16-24,25-17-11-8-12-18-25)30-20-13-19-29-21-23(4)28/h5-12,14-18,22-23H,13,19-21H2,1-4H3/b14-5-,26-6+. The van der Waals surface area contributed by atoms with E-state index in [2.05, 4.69) is 123 Å². The zero-order valence-electron chi connectivity index (χ0n) is 18.7. The number of benzene rings is 2. The summed E-state index contributed by atoms with van der Waals surface area (Å²) in [5.41, 5.74) is 4.10. The summed E-state index contributed by atoms with van der Waals surface area (Å²) in [6.45, 7) is 10.2. The fourth-order valence-electron chi connectivity index (χ4n) is 3.91. The van der Waals surface area contributed by atoms with Crippen molar-refractivity contribution in [1.29, 1.82) is 0 Å². The van der Waals surface area contributed by atoms with Crippen LogP contribution >= 0.6 is 27.7 Å². The largest absolute Gasteiger partial charge is 0.380 e. The lowest BCUT2D eigenvalue weighted by Crippen LogP contribution is -2.30. The topological polar surface area (TPSA) is 9.23 Å². The minimum absolute atomic E-state index is 0.223. The number of hydrogen-bond acceptors (Lipinski definition) is 2. The smallest absolute Gasteiger partial charge is 0.0872 e. The Bertz CT molecular complexity index is 744. The van der Waals surface area contributed by atoms with Crippen LogP contribution in [0.2, 0.25) is 0 Å². The average molecular weight is 488 g/mol.